The Morgan fingerprint density at radius 3 is 2.58 bits per heavy atom. The Kier molecular flexibility index (Phi) is 6.87. The lowest BCUT2D eigenvalue weighted by Gasteiger charge is -2.36. The second-order valence-corrected chi connectivity index (χ2v) is 9.07. The molecule has 1 aliphatic carbocycles. The van der Waals surface area contributed by atoms with Crippen molar-refractivity contribution in [3.63, 3.8) is 0 Å². The first-order valence-corrected chi connectivity index (χ1v) is 9.50. The van der Waals surface area contributed by atoms with Crippen molar-refractivity contribution >= 4 is 28.5 Å². The van der Waals surface area contributed by atoms with Crippen molar-refractivity contribution in [2.24, 2.45) is 11.8 Å². The van der Waals surface area contributed by atoms with Gasteiger partial charge in [0, 0.05) is 16.6 Å². The lowest BCUT2D eigenvalue weighted by Crippen LogP contribution is -2.41. The maximum Gasteiger partial charge on any atom is 0.309 e. The topological polar surface area (TPSA) is 43.4 Å². The van der Waals surface area contributed by atoms with Crippen LogP contribution in [0.25, 0.3) is 0 Å². The number of thioether (sulfide) groups is 1. The minimum Gasteiger partial charge on any atom is -0.466 e. The lowest BCUT2D eigenvalue weighted by atomic mass is 9.93. The van der Waals surface area contributed by atoms with E-state index in [4.69, 9.17) is 4.74 Å². The fourth-order valence-electron chi connectivity index (χ4n) is 3.03. The molecule has 0 amide bonds. The van der Waals surface area contributed by atoms with E-state index in [0.29, 0.717) is 12.4 Å². The van der Waals surface area contributed by atoms with Gasteiger partial charge in [0.2, 0.25) is 0 Å². The highest BCUT2D eigenvalue weighted by Crippen LogP contribution is 2.48. The highest BCUT2D eigenvalue weighted by Gasteiger charge is 2.48. The molecule has 19 heavy (non-hydrogen) atoms. The number of carbonyl (C=O) groups is 1. The van der Waals surface area contributed by atoms with Crippen molar-refractivity contribution in [1.82, 2.24) is 0 Å². The Labute approximate surface area is 123 Å². The molecule has 5 heteroatoms. The summed E-state index contributed by atoms with van der Waals surface area (Å²) in [6.07, 6.45) is 2.90. The van der Waals surface area contributed by atoms with Gasteiger partial charge < -0.3 is 4.74 Å². The molecule has 1 aliphatic rings. The van der Waals surface area contributed by atoms with Crippen LogP contribution in [0, 0.1) is 11.8 Å². The standard InChI is InChI=1S/C14H26O3S2/c1-5-17-13(15)11-9-8-10-12(11)14(4,18-6-2)19(16)7-3/h11-12H,5-10H2,1-4H3/t11-,12-,14?,19?/m1/s1. The third-order valence-corrected chi connectivity index (χ3v) is 7.73. The van der Waals surface area contributed by atoms with E-state index >= 15 is 0 Å². The van der Waals surface area contributed by atoms with Crippen molar-refractivity contribution in [2.45, 2.75) is 51.0 Å². The molecule has 0 saturated heterocycles. The van der Waals surface area contributed by atoms with Gasteiger partial charge in [-0.1, -0.05) is 20.3 Å². The smallest absolute Gasteiger partial charge is 0.309 e. The van der Waals surface area contributed by atoms with E-state index in [1.807, 2.05) is 13.8 Å². The van der Waals surface area contributed by atoms with E-state index < -0.39 is 10.8 Å². The van der Waals surface area contributed by atoms with Crippen LogP contribution >= 0.6 is 11.8 Å². The molecule has 2 unspecified atom stereocenters. The van der Waals surface area contributed by atoms with Crippen LogP contribution in [0.15, 0.2) is 0 Å². The summed E-state index contributed by atoms with van der Waals surface area (Å²) >= 11 is 1.74. The molecule has 1 rings (SSSR count). The molecule has 0 aliphatic heterocycles. The number of carbonyl (C=O) groups excluding carboxylic acids is 1. The second kappa shape index (κ2) is 7.67. The largest absolute Gasteiger partial charge is 0.466 e. The number of ether oxygens (including phenoxy) is 1. The van der Waals surface area contributed by atoms with Gasteiger partial charge in [0.25, 0.3) is 0 Å². The minimum absolute atomic E-state index is 0.0699. The first kappa shape index (κ1) is 17.0. The zero-order chi connectivity index (χ0) is 14.5. The van der Waals surface area contributed by atoms with Gasteiger partial charge in [-0.2, -0.15) is 0 Å². The molecule has 0 N–H and O–H groups in total. The predicted molar refractivity (Wildman–Crippen MR) is 82.7 cm³/mol. The van der Waals surface area contributed by atoms with Crippen LogP contribution in [0.1, 0.15) is 47.0 Å². The highest BCUT2D eigenvalue weighted by atomic mass is 32.2. The third kappa shape index (κ3) is 3.75. The Morgan fingerprint density at radius 2 is 2.05 bits per heavy atom. The quantitative estimate of drug-likeness (QED) is 0.678. The van der Waals surface area contributed by atoms with Crippen LogP contribution in [0.2, 0.25) is 0 Å². The molecule has 0 aromatic carbocycles. The molecule has 112 valence electrons. The Bertz CT molecular complexity index is 333. The zero-order valence-electron chi connectivity index (χ0n) is 12.4. The zero-order valence-corrected chi connectivity index (χ0v) is 14.1. The molecule has 0 aromatic heterocycles. The fourth-order valence-corrected chi connectivity index (χ4v) is 6.53. The third-order valence-electron chi connectivity index (χ3n) is 3.92. The van der Waals surface area contributed by atoms with Gasteiger partial charge in [-0.25, -0.2) is 0 Å². The fraction of sp³-hybridized carbons (Fsp3) is 0.929. The number of hydrogen-bond donors (Lipinski definition) is 0. The molecular formula is C14H26O3S2. The average molecular weight is 306 g/mol. The van der Waals surface area contributed by atoms with Crippen molar-refractivity contribution in [3.05, 3.63) is 0 Å². The normalized spacial score (nSPS) is 27.8. The summed E-state index contributed by atoms with van der Waals surface area (Å²) in [6.45, 7) is 8.38. The highest BCUT2D eigenvalue weighted by molar-refractivity contribution is 8.12. The predicted octanol–water partition coefficient (Wildman–Crippen LogP) is 3.20. The SMILES string of the molecule is CCOC(=O)[C@@H]1CCC[C@H]1C(C)(SCC)S(=O)CC. The van der Waals surface area contributed by atoms with Crippen molar-refractivity contribution in [3.8, 4) is 0 Å². The molecule has 4 atom stereocenters. The first-order valence-electron chi connectivity index (χ1n) is 7.20. The number of rotatable bonds is 7. The first-order chi connectivity index (χ1) is 9.01. The van der Waals surface area contributed by atoms with Crippen molar-refractivity contribution in [1.29, 1.82) is 0 Å². The summed E-state index contributed by atoms with van der Waals surface area (Å²) in [7, 11) is -0.906. The van der Waals surface area contributed by atoms with Gasteiger partial charge in [-0.3, -0.25) is 9.00 Å². The van der Waals surface area contributed by atoms with Crippen LogP contribution in [-0.2, 0) is 20.3 Å². The summed E-state index contributed by atoms with van der Waals surface area (Å²) in [5.74, 6) is 1.59. The molecule has 0 spiro atoms. The molecule has 0 bridgehead atoms. The maximum absolute atomic E-state index is 12.5. The van der Waals surface area contributed by atoms with Gasteiger partial charge in [0.1, 0.15) is 0 Å². The van der Waals surface area contributed by atoms with Crippen molar-refractivity contribution < 1.29 is 13.7 Å². The number of hydrogen-bond acceptors (Lipinski definition) is 4. The van der Waals surface area contributed by atoms with Gasteiger partial charge in [0.15, 0.2) is 0 Å². The van der Waals surface area contributed by atoms with Crippen LogP contribution in [-0.4, -0.2) is 32.4 Å². The van der Waals surface area contributed by atoms with E-state index in [1.54, 1.807) is 11.8 Å². The Balaban J connectivity index is 2.94. The molecule has 3 nitrogen and oxygen atoms in total. The summed E-state index contributed by atoms with van der Waals surface area (Å²) < 4.78 is 17.3. The van der Waals surface area contributed by atoms with Crippen LogP contribution in [0.5, 0.6) is 0 Å². The Hall–Kier alpha value is -0.0300. The van der Waals surface area contributed by atoms with E-state index in [9.17, 15) is 9.00 Å². The van der Waals surface area contributed by atoms with Gasteiger partial charge in [-0.05, 0) is 38.4 Å². The molecule has 0 heterocycles. The Morgan fingerprint density at radius 1 is 1.37 bits per heavy atom. The van der Waals surface area contributed by atoms with E-state index in [1.165, 1.54) is 0 Å². The monoisotopic (exact) mass is 306 g/mol. The van der Waals surface area contributed by atoms with Gasteiger partial charge >= 0.3 is 5.97 Å². The minimum atomic E-state index is -0.906. The summed E-state index contributed by atoms with van der Waals surface area (Å²) in [5, 5.41) is 0. The van der Waals surface area contributed by atoms with E-state index in [2.05, 4.69) is 13.8 Å². The van der Waals surface area contributed by atoms with Gasteiger partial charge in [0.05, 0.1) is 16.6 Å². The van der Waals surface area contributed by atoms with E-state index in [-0.39, 0.29) is 21.9 Å². The lowest BCUT2D eigenvalue weighted by molar-refractivity contribution is -0.149. The van der Waals surface area contributed by atoms with Crippen LogP contribution < -0.4 is 0 Å². The molecule has 1 saturated carbocycles. The molecular weight excluding hydrogens is 280 g/mol. The summed E-state index contributed by atoms with van der Waals surface area (Å²) in [5.41, 5.74) is 0. The molecule has 0 radical (unpaired) electrons. The van der Waals surface area contributed by atoms with Crippen LogP contribution in [0.3, 0.4) is 0 Å². The molecule has 1 fully saturated rings. The van der Waals surface area contributed by atoms with E-state index in [0.717, 1.165) is 25.0 Å². The average Bonchev–Trinajstić information content (AvgIpc) is 2.88. The molecule has 0 aromatic rings. The van der Waals surface area contributed by atoms with Crippen molar-refractivity contribution in [2.75, 3.05) is 18.1 Å². The second-order valence-electron chi connectivity index (χ2n) is 4.98. The van der Waals surface area contributed by atoms with Gasteiger partial charge in [-0.15, -0.1) is 11.8 Å². The summed E-state index contributed by atoms with van der Waals surface area (Å²) in [6, 6.07) is 0. The van der Waals surface area contributed by atoms with Crippen LogP contribution in [0.4, 0.5) is 0 Å². The summed E-state index contributed by atoms with van der Waals surface area (Å²) in [4.78, 5) is 12.1. The maximum atomic E-state index is 12.5. The number of esters is 1.